The summed E-state index contributed by atoms with van der Waals surface area (Å²) < 4.78 is 5.36. The van der Waals surface area contributed by atoms with Crippen molar-refractivity contribution in [2.45, 2.75) is 39.8 Å². The topological polar surface area (TPSA) is 79.5 Å². The Morgan fingerprint density at radius 2 is 1.72 bits per heavy atom. The van der Waals surface area contributed by atoms with Crippen LogP contribution in [-0.4, -0.2) is 44.1 Å². The number of hydrogen-bond acceptors (Lipinski definition) is 4. The second kappa shape index (κ2) is 11.7. The summed E-state index contributed by atoms with van der Waals surface area (Å²) in [6, 6.07) is 6.48. The predicted molar refractivity (Wildman–Crippen MR) is 102 cm³/mol. The van der Waals surface area contributed by atoms with E-state index in [4.69, 9.17) is 4.74 Å². The van der Waals surface area contributed by atoms with Gasteiger partial charge in [0.15, 0.2) is 0 Å². The van der Waals surface area contributed by atoms with Crippen LogP contribution in [0.25, 0.3) is 0 Å². The van der Waals surface area contributed by atoms with Crippen molar-refractivity contribution in [3.8, 4) is 5.75 Å². The Morgan fingerprint density at radius 1 is 1.12 bits per heavy atom. The van der Waals surface area contributed by atoms with Crippen LogP contribution >= 0.6 is 12.4 Å². The normalized spacial score (nSPS) is 12.7. The van der Waals surface area contributed by atoms with Crippen LogP contribution in [0.3, 0.4) is 0 Å². The van der Waals surface area contributed by atoms with Gasteiger partial charge in [0, 0.05) is 18.2 Å². The Labute approximate surface area is 156 Å². The van der Waals surface area contributed by atoms with Gasteiger partial charge in [-0.15, -0.1) is 12.4 Å². The van der Waals surface area contributed by atoms with E-state index in [1.54, 1.807) is 24.3 Å². The molecule has 2 atom stereocenters. The van der Waals surface area contributed by atoms with Crippen molar-refractivity contribution in [2.24, 2.45) is 5.92 Å². The molecule has 3 N–H and O–H groups in total. The van der Waals surface area contributed by atoms with Crippen molar-refractivity contribution >= 4 is 24.2 Å². The standard InChI is InChI=1S/C18H29N3O3.ClH/c1-6-24-15-9-7-14(8-10-15)17(22)21-16(12(2)3)18(23)20-11-13(4)19-5;/h7-10,12-13,16,19H,6,11H2,1-5H3,(H,20,23)(H,21,22);1H. The fourth-order valence-corrected chi connectivity index (χ4v) is 2.09. The quantitative estimate of drug-likeness (QED) is 0.620. The van der Waals surface area contributed by atoms with Crippen LogP contribution in [-0.2, 0) is 4.79 Å². The Balaban J connectivity index is 0.00000576. The fraction of sp³-hybridized carbons (Fsp3) is 0.556. The Morgan fingerprint density at radius 3 is 2.20 bits per heavy atom. The highest BCUT2D eigenvalue weighted by atomic mass is 35.5. The molecule has 1 aromatic rings. The number of nitrogens with one attached hydrogen (secondary N) is 3. The van der Waals surface area contributed by atoms with Gasteiger partial charge in [0.05, 0.1) is 6.61 Å². The van der Waals surface area contributed by atoms with Crippen molar-refractivity contribution in [1.82, 2.24) is 16.0 Å². The van der Waals surface area contributed by atoms with Crippen molar-refractivity contribution in [2.75, 3.05) is 20.2 Å². The van der Waals surface area contributed by atoms with Crippen molar-refractivity contribution in [1.29, 1.82) is 0 Å². The van der Waals surface area contributed by atoms with Crippen LogP contribution in [0.5, 0.6) is 5.75 Å². The third kappa shape index (κ3) is 7.75. The molecule has 2 unspecified atom stereocenters. The summed E-state index contributed by atoms with van der Waals surface area (Å²) in [6.45, 7) is 8.78. The number of rotatable bonds is 9. The average molecular weight is 372 g/mol. The molecular weight excluding hydrogens is 342 g/mol. The number of carbonyl (C=O) groups excluding carboxylic acids is 2. The van der Waals surface area contributed by atoms with Crippen LogP contribution < -0.4 is 20.7 Å². The lowest BCUT2D eigenvalue weighted by Crippen LogP contribution is -2.51. The molecule has 0 saturated heterocycles. The zero-order chi connectivity index (χ0) is 18.1. The largest absolute Gasteiger partial charge is 0.494 e. The van der Waals surface area contributed by atoms with Gasteiger partial charge < -0.3 is 20.7 Å². The summed E-state index contributed by atoms with van der Waals surface area (Å²) >= 11 is 0. The first kappa shape index (κ1) is 23.2. The molecule has 2 amide bonds. The van der Waals surface area contributed by atoms with Gasteiger partial charge in [0.25, 0.3) is 5.91 Å². The molecule has 0 radical (unpaired) electrons. The molecule has 0 aliphatic heterocycles. The molecular formula is C18H30ClN3O3. The van der Waals surface area contributed by atoms with E-state index >= 15 is 0 Å². The second-order valence-corrected chi connectivity index (χ2v) is 6.09. The second-order valence-electron chi connectivity index (χ2n) is 6.09. The molecule has 0 aliphatic carbocycles. The molecule has 7 heteroatoms. The summed E-state index contributed by atoms with van der Waals surface area (Å²) in [6.07, 6.45) is 0. The van der Waals surface area contributed by atoms with Crippen LogP contribution in [0, 0.1) is 5.92 Å². The van der Waals surface area contributed by atoms with Crippen LogP contribution in [0.2, 0.25) is 0 Å². The number of carbonyl (C=O) groups is 2. The highest BCUT2D eigenvalue weighted by Gasteiger charge is 2.24. The molecule has 0 spiro atoms. The summed E-state index contributed by atoms with van der Waals surface area (Å²) in [5.74, 6) is 0.259. The maximum Gasteiger partial charge on any atom is 0.251 e. The molecule has 6 nitrogen and oxygen atoms in total. The third-order valence-corrected chi connectivity index (χ3v) is 3.74. The van der Waals surface area contributed by atoms with Crippen LogP contribution in [0.15, 0.2) is 24.3 Å². The van der Waals surface area contributed by atoms with E-state index in [1.165, 1.54) is 0 Å². The highest BCUT2D eigenvalue weighted by Crippen LogP contribution is 2.13. The van der Waals surface area contributed by atoms with Gasteiger partial charge in [-0.3, -0.25) is 9.59 Å². The third-order valence-electron chi connectivity index (χ3n) is 3.74. The van der Waals surface area contributed by atoms with Crippen LogP contribution in [0.4, 0.5) is 0 Å². The number of hydrogen-bond donors (Lipinski definition) is 3. The lowest BCUT2D eigenvalue weighted by Gasteiger charge is -2.23. The van der Waals surface area contributed by atoms with Gasteiger partial charge in [-0.25, -0.2) is 0 Å². The fourth-order valence-electron chi connectivity index (χ4n) is 2.09. The first-order chi connectivity index (χ1) is 11.4. The van der Waals surface area contributed by atoms with Crippen molar-refractivity contribution in [3.63, 3.8) is 0 Å². The number of benzene rings is 1. The van der Waals surface area contributed by atoms with Gasteiger partial charge in [0.2, 0.25) is 5.91 Å². The lowest BCUT2D eigenvalue weighted by molar-refractivity contribution is -0.124. The molecule has 0 fully saturated rings. The number of halogens is 1. The number of likely N-dealkylation sites (N-methyl/N-ethyl adjacent to an activating group) is 1. The van der Waals surface area contributed by atoms with E-state index in [0.717, 1.165) is 0 Å². The highest BCUT2D eigenvalue weighted by molar-refractivity contribution is 5.97. The minimum Gasteiger partial charge on any atom is -0.494 e. The van der Waals surface area contributed by atoms with Gasteiger partial charge in [-0.05, 0) is 51.1 Å². The SMILES string of the molecule is CCOc1ccc(C(=O)NC(C(=O)NCC(C)NC)C(C)C)cc1.Cl. The average Bonchev–Trinajstić information content (AvgIpc) is 2.57. The Hall–Kier alpha value is -1.79. The molecule has 25 heavy (non-hydrogen) atoms. The zero-order valence-electron chi connectivity index (χ0n) is 15.6. The van der Waals surface area contributed by atoms with E-state index < -0.39 is 6.04 Å². The molecule has 0 aromatic heterocycles. The predicted octanol–water partition coefficient (Wildman–Crippen LogP) is 1.99. The van der Waals surface area contributed by atoms with E-state index in [-0.39, 0.29) is 36.2 Å². The summed E-state index contributed by atoms with van der Waals surface area (Å²) in [4.78, 5) is 24.7. The summed E-state index contributed by atoms with van der Waals surface area (Å²) in [5, 5.41) is 8.73. The first-order valence-corrected chi connectivity index (χ1v) is 8.37. The minimum absolute atomic E-state index is 0. The van der Waals surface area contributed by atoms with Crippen LogP contribution in [0.1, 0.15) is 38.1 Å². The monoisotopic (exact) mass is 371 g/mol. The Kier molecular flexibility index (Phi) is 10.9. The minimum atomic E-state index is -0.576. The molecule has 0 bridgehead atoms. The maximum atomic E-state index is 12.4. The zero-order valence-corrected chi connectivity index (χ0v) is 16.4. The van der Waals surface area contributed by atoms with Crippen molar-refractivity contribution in [3.05, 3.63) is 29.8 Å². The van der Waals surface area contributed by atoms with E-state index in [1.807, 2.05) is 34.7 Å². The van der Waals surface area contributed by atoms with E-state index in [0.29, 0.717) is 24.5 Å². The van der Waals surface area contributed by atoms with E-state index in [9.17, 15) is 9.59 Å². The summed E-state index contributed by atoms with van der Waals surface area (Å²) in [7, 11) is 1.84. The number of ether oxygens (including phenoxy) is 1. The molecule has 1 aromatic carbocycles. The Bertz CT molecular complexity index is 535. The van der Waals surface area contributed by atoms with Gasteiger partial charge in [0.1, 0.15) is 11.8 Å². The van der Waals surface area contributed by atoms with Gasteiger partial charge in [-0.2, -0.15) is 0 Å². The van der Waals surface area contributed by atoms with Gasteiger partial charge in [-0.1, -0.05) is 13.8 Å². The summed E-state index contributed by atoms with van der Waals surface area (Å²) in [5.41, 5.74) is 0.500. The lowest BCUT2D eigenvalue weighted by atomic mass is 10.0. The molecule has 0 heterocycles. The molecule has 0 aliphatic rings. The molecule has 0 saturated carbocycles. The van der Waals surface area contributed by atoms with Crippen molar-refractivity contribution < 1.29 is 14.3 Å². The number of amides is 2. The molecule has 142 valence electrons. The molecule has 1 rings (SSSR count). The smallest absolute Gasteiger partial charge is 0.251 e. The van der Waals surface area contributed by atoms with Gasteiger partial charge >= 0.3 is 0 Å². The van der Waals surface area contributed by atoms with E-state index in [2.05, 4.69) is 16.0 Å². The maximum absolute atomic E-state index is 12.4. The first-order valence-electron chi connectivity index (χ1n) is 8.37.